The molecule has 0 fully saturated rings. The summed E-state index contributed by atoms with van der Waals surface area (Å²) in [5.74, 6) is 0.757. The second-order valence-corrected chi connectivity index (χ2v) is 5.21. The van der Waals surface area contributed by atoms with E-state index in [0.717, 1.165) is 27.9 Å². The molecule has 0 saturated heterocycles. The average Bonchev–Trinajstić information content (AvgIpc) is 2.46. The third-order valence-electron chi connectivity index (χ3n) is 3.49. The van der Waals surface area contributed by atoms with Crippen LogP contribution >= 0.6 is 0 Å². The zero-order valence-corrected chi connectivity index (χ0v) is 12.3. The number of aromatic nitrogens is 1. The van der Waals surface area contributed by atoms with E-state index in [1.807, 2.05) is 62.3 Å². The van der Waals surface area contributed by atoms with Crippen molar-refractivity contribution in [3.63, 3.8) is 0 Å². The summed E-state index contributed by atoms with van der Waals surface area (Å²) in [6.45, 7) is 2.03. The lowest BCUT2D eigenvalue weighted by Crippen LogP contribution is -2.11. The maximum absolute atomic E-state index is 11.8. The second kappa shape index (κ2) is 5.05. The van der Waals surface area contributed by atoms with Gasteiger partial charge in [0.1, 0.15) is 5.82 Å². The molecule has 3 rings (SSSR count). The van der Waals surface area contributed by atoms with Crippen LogP contribution in [0.15, 0.2) is 51.7 Å². The van der Waals surface area contributed by atoms with Crippen molar-refractivity contribution in [2.45, 2.75) is 6.92 Å². The van der Waals surface area contributed by atoms with E-state index in [9.17, 15) is 4.79 Å². The van der Waals surface area contributed by atoms with Gasteiger partial charge in [-0.15, -0.1) is 0 Å². The van der Waals surface area contributed by atoms with Gasteiger partial charge in [0, 0.05) is 31.1 Å². The number of fused-ring (bicyclic) bond motifs is 1. The van der Waals surface area contributed by atoms with Crippen LogP contribution in [0.4, 0.5) is 5.82 Å². The van der Waals surface area contributed by atoms with E-state index >= 15 is 0 Å². The van der Waals surface area contributed by atoms with Crippen LogP contribution in [-0.4, -0.2) is 19.1 Å². The van der Waals surface area contributed by atoms with E-state index in [1.54, 1.807) is 0 Å². The number of rotatable bonds is 2. The van der Waals surface area contributed by atoms with Crippen LogP contribution in [0.2, 0.25) is 0 Å². The molecule has 4 heteroatoms. The third kappa shape index (κ3) is 2.40. The molecule has 2 aromatic heterocycles. The Hall–Kier alpha value is -2.62. The molecule has 3 aromatic rings. The Morgan fingerprint density at radius 2 is 1.81 bits per heavy atom. The van der Waals surface area contributed by atoms with Gasteiger partial charge >= 0.3 is 5.63 Å². The van der Waals surface area contributed by atoms with Gasteiger partial charge in [-0.3, -0.25) is 0 Å². The van der Waals surface area contributed by atoms with Gasteiger partial charge in [0.05, 0.1) is 0 Å². The normalized spacial score (nSPS) is 10.8. The first-order valence-electron chi connectivity index (χ1n) is 6.74. The van der Waals surface area contributed by atoms with Crippen molar-refractivity contribution in [1.82, 2.24) is 4.98 Å². The highest BCUT2D eigenvalue weighted by Crippen LogP contribution is 2.29. The monoisotopic (exact) mass is 280 g/mol. The quantitative estimate of drug-likeness (QED) is 0.723. The number of pyridine rings is 1. The van der Waals surface area contributed by atoms with Crippen molar-refractivity contribution in [1.29, 1.82) is 0 Å². The molecule has 106 valence electrons. The molecular formula is C17H16N2O2. The Bertz CT molecular complexity index is 866. The van der Waals surface area contributed by atoms with E-state index in [2.05, 4.69) is 4.98 Å². The summed E-state index contributed by atoms with van der Waals surface area (Å²) in [7, 11) is 3.80. The Morgan fingerprint density at radius 3 is 2.52 bits per heavy atom. The summed E-state index contributed by atoms with van der Waals surface area (Å²) < 4.78 is 5.26. The summed E-state index contributed by atoms with van der Waals surface area (Å²) in [6.07, 6.45) is 0. The Labute approximate surface area is 122 Å². The van der Waals surface area contributed by atoms with Crippen LogP contribution in [0.3, 0.4) is 0 Å². The zero-order valence-electron chi connectivity index (χ0n) is 12.3. The molecule has 0 radical (unpaired) electrons. The lowest BCUT2D eigenvalue weighted by atomic mass is 9.99. The Morgan fingerprint density at radius 1 is 1.05 bits per heavy atom. The van der Waals surface area contributed by atoms with Crippen LogP contribution in [0.1, 0.15) is 5.56 Å². The van der Waals surface area contributed by atoms with Gasteiger partial charge in [-0.1, -0.05) is 24.3 Å². The molecule has 0 unspecified atom stereocenters. The minimum Gasteiger partial charge on any atom is -0.404 e. The minimum atomic E-state index is -0.385. The summed E-state index contributed by atoms with van der Waals surface area (Å²) in [4.78, 5) is 18.1. The lowest BCUT2D eigenvalue weighted by Gasteiger charge is -2.12. The van der Waals surface area contributed by atoms with Crippen LogP contribution in [-0.2, 0) is 0 Å². The predicted molar refractivity (Wildman–Crippen MR) is 84.8 cm³/mol. The molecule has 21 heavy (non-hydrogen) atoms. The summed E-state index contributed by atoms with van der Waals surface area (Å²) in [5, 5.41) is 0.842. The molecule has 0 saturated carbocycles. The average molecular weight is 280 g/mol. The van der Waals surface area contributed by atoms with Gasteiger partial charge in [0.15, 0.2) is 0 Å². The smallest absolute Gasteiger partial charge is 0.338 e. The molecule has 1 aromatic carbocycles. The first-order valence-corrected chi connectivity index (χ1v) is 6.74. The number of benzene rings is 1. The van der Waals surface area contributed by atoms with Crippen LogP contribution in [0.25, 0.3) is 22.2 Å². The van der Waals surface area contributed by atoms with E-state index in [1.165, 1.54) is 6.07 Å². The molecular weight excluding hydrogens is 264 g/mol. The topological polar surface area (TPSA) is 46.3 Å². The van der Waals surface area contributed by atoms with Gasteiger partial charge < -0.3 is 9.32 Å². The number of hydrogen-bond donors (Lipinski definition) is 0. The zero-order chi connectivity index (χ0) is 15.0. The fourth-order valence-electron chi connectivity index (χ4n) is 2.38. The first kappa shape index (κ1) is 13.4. The van der Waals surface area contributed by atoms with Crippen molar-refractivity contribution in [3.05, 3.63) is 58.4 Å². The van der Waals surface area contributed by atoms with Gasteiger partial charge in [-0.05, 0) is 30.2 Å². The molecule has 0 atom stereocenters. The number of aryl methyl sites for hydroxylation is 1. The molecule has 0 aliphatic heterocycles. The van der Waals surface area contributed by atoms with Crippen molar-refractivity contribution < 1.29 is 4.42 Å². The second-order valence-electron chi connectivity index (χ2n) is 5.21. The number of anilines is 1. The Balaban J connectivity index is 2.33. The van der Waals surface area contributed by atoms with Crippen molar-refractivity contribution >= 4 is 16.9 Å². The van der Waals surface area contributed by atoms with Gasteiger partial charge in [-0.25, -0.2) is 4.79 Å². The summed E-state index contributed by atoms with van der Waals surface area (Å²) >= 11 is 0. The highest BCUT2D eigenvalue weighted by molar-refractivity contribution is 5.92. The first-order chi connectivity index (χ1) is 10.1. The van der Waals surface area contributed by atoms with Crippen molar-refractivity contribution in [2.75, 3.05) is 19.0 Å². The number of nitrogens with zero attached hydrogens (tertiary/aromatic N) is 2. The van der Waals surface area contributed by atoms with Crippen molar-refractivity contribution in [3.8, 4) is 11.1 Å². The molecule has 2 heterocycles. The fourth-order valence-corrected chi connectivity index (χ4v) is 2.38. The van der Waals surface area contributed by atoms with Crippen LogP contribution < -0.4 is 10.5 Å². The fraction of sp³-hybridized carbons (Fsp3) is 0.176. The summed E-state index contributed by atoms with van der Waals surface area (Å²) in [6, 6.07) is 13.4. The van der Waals surface area contributed by atoms with Gasteiger partial charge in [0.2, 0.25) is 5.71 Å². The number of hydrogen-bond acceptors (Lipinski definition) is 4. The standard InChI is InChI=1S/C17H16N2O2/c1-11-6-4-5-7-12(11)14-10-16(20)21-17-13(14)8-9-15(18-17)19(2)3/h4-10H,1-3H3. The van der Waals surface area contributed by atoms with E-state index in [0.29, 0.717) is 5.71 Å². The molecule has 0 aliphatic rings. The van der Waals surface area contributed by atoms with Gasteiger partial charge in [-0.2, -0.15) is 4.98 Å². The molecule has 0 bridgehead atoms. The predicted octanol–water partition coefficient (Wildman–Crippen LogP) is 3.23. The highest BCUT2D eigenvalue weighted by Gasteiger charge is 2.11. The highest BCUT2D eigenvalue weighted by atomic mass is 16.4. The van der Waals surface area contributed by atoms with Crippen LogP contribution in [0.5, 0.6) is 0 Å². The maximum atomic E-state index is 11.8. The molecule has 0 amide bonds. The van der Waals surface area contributed by atoms with E-state index < -0.39 is 0 Å². The lowest BCUT2D eigenvalue weighted by molar-refractivity contribution is 0.550. The maximum Gasteiger partial charge on any atom is 0.338 e. The third-order valence-corrected chi connectivity index (χ3v) is 3.49. The largest absolute Gasteiger partial charge is 0.404 e. The van der Waals surface area contributed by atoms with Crippen LogP contribution in [0, 0.1) is 6.92 Å². The molecule has 0 spiro atoms. The molecule has 4 nitrogen and oxygen atoms in total. The molecule has 0 N–H and O–H groups in total. The van der Waals surface area contributed by atoms with Gasteiger partial charge in [0.25, 0.3) is 0 Å². The summed E-state index contributed by atoms with van der Waals surface area (Å²) in [5.41, 5.74) is 2.98. The van der Waals surface area contributed by atoms with Crippen molar-refractivity contribution in [2.24, 2.45) is 0 Å². The van der Waals surface area contributed by atoms with E-state index in [-0.39, 0.29) is 5.63 Å². The SMILES string of the molecule is Cc1ccccc1-c1cc(=O)oc2nc(N(C)C)ccc12. The van der Waals surface area contributed by atoms with E-state index in [4.69, 9.17) is 4.42 Å². The minimum absolute atomic E-state index is 0.368. The Kier molecular flexibility index (Phi) is 3.22. The molecule has 0 aliphatic carbocycles.